The number of rotatable bonds is 3. The van der Waals surface area contributed by atoms with Crippen LogP contribution in [0.5, 0.6) is 0 Å². The maximum atomic E-state index is 12.7. The number of hydrogen-bond acceptors (Lipinski definition) is 5. The zero-order valence-corrected chi connectivity index (χ0v) is 13.5. The zero-order chi connectivity index (χ0) is 17.4. The molecule has 2 aliphatic rings. The molecule has 4 rings (SSSR count). The number of fused-ring (bicyclic) bond motifs is 1. The van der Waals surface area contributed by atoms with Gasteiger partial charge in [0.2, 0.25) is 5.91 Å². The predicted molar refractivity (Wildman–Crippen MR) is 87.3 cm³/mol. The van der Waals surface area contributed by atoms with Crippen molar-refractivity contribution in [2.75, 3.05) is 31.2 Å². The summed E-state index contributed by atoms with van der Waals surface area (Å²) in [5.74, 6) is 0.118. The molecule has 0 spiro atoms. The van der Waals surface area contributed by atoms with Crippen molar-refractivity contribution >= 4 is 17.6 Å². The van der Waals surface area contributed by atoms with Gasteiger partial charge >= 0.3 is 11.7 Å². The molecule has 0 N–H and O–H groups in total. The molecule has 0 bridgehead atoms. The first-order valence-corrected chi connectivity index (χ1v) is 8.06. The number of para-hydroxylation sites is 1. The Bertz CT molecular complexity index is 866. The van der Waals surface area contributed by atoms with E-state index in [0.29, 0.717) is 32.1 Å². The van der Waals surface area contributed by atoms with E-state index in [9.17, 15) is 14.4 Å². The van der Waals surface area contributed by atoms with E-state index >= 15 is 0 Å². The Morgan fingerprint density at radius 2 is 1.84 bits per heavy atom. The number of ether oxygens (including phenoxy) is 1. The highest BCUT2D eigenvalue weighted by molar-refractivity contribution is 5.95. The van der Waals surface area contributed by atoms with Gasteiger partial charge in [-0.1, -0.05) is 18.2 Å². The number of nitrogens with zero attached hydrogens (tertiary/aromatic N) is 5. The van der Waals surface area contributed by atoms with Gasteiger partial charge < -0.3 is 9.64 Å². The maximum Gasteiger partial charge on any atom is 0.365 e. The van der Waals surface area contributed by atoms with E-state index in [0.717, 1.165) is 10.4 Å². The summed E-state index contributed by atoms with van der Waals surface area (Å²) in [6.07, 6.45) is 0. The predicted octanol–water partition coefficient (Wildman–Crippen LogP) is -0.108. The minimum Gasteiger partial charge on any atom is -0.378 e. The number of carbonyl (C=O) groups is 2. The fraction of sp³-hybridized carbons (Fsp3) is 0.375. The molecule has 25 heavy (non-hydrogen) atoms. The third-order valence-corrected chi connectivity index (χ3v) is 4.36. The van der Waals surface area contributed by atoms with E-state index in [4.69, 9.17) is 4.74 Å². The Morgan fingerprint density at radius 3 is 2.56 bits per heavy atom. The van der Waals surface area contributed by atoms with Crippen molar-refractivity contribution in [2.24, 2.45) is 0 Å². The lowest BCUT2D eigenvalue weighted by atomic mass is 10.3. The van der Waals surface area contributed by atoms with Gasteiger partial charge in [0.1, 0.15) is 6.54 Å². The number of amides is 2. The molecule has 0 atom stereocenters. The standard InChI is InChI=1S/C16H17N5O4/c22-14(18-6-8-25-9-7-18)11-20-15(23)17-13-10-19(16(24)21(13)20)12-4-2-1-3-5-12/h1-5H,6-11H2. The first-order valence-electron chi connectivity index (χ1n) is 8.06. The van der Waals surface area contributed by atoms with Crippen molar-refractivity contribution in [2.45, 2.75) is 13.1 Å². The molecule has 1 aromatic heterocycles. The molecular weight excluding hydrogens is 326 g/mol. The number of aromatic nitrogens is 3. The molecule has 1 fully saturated rings. The van der Waals surface area contributed by atoms with Crippen LogP contribution in [-0.2, 0) is 22.6 Å². The summed E-state index contributed by atoms with van der Waals surface area (Å²) in [6, 6.07) is 8.76. The second kappa shape index (κ2) is 6.17. The van der Waals surface area contributed by atoms with E-state index in [1.807, 2.05) is 30.3 Å². The summed E-state index contributed by atoms with van der Waals surface area (Å²) < 4.78 is 7.53. The van der Waals surface area contributed by atoms with E-state index in [1.165, 1.54) is 9.58 Å². The lowest BCUT2D eigenvalue weighted by Gasteiger charge is -2.27. The Balaban J connectivity index is 1.59. The van der Waals surface area contributed by atoms with Crippen molar-refractivity contribution in [3.63, 3.8) is 0 Å². The molecule has 0 aliphatic carbocycles. The van der Waals surface area contributed by atoms with Crippen molar-refractivity contribution in [1.29, 1.82) is 0 Å². The Labute approximate surface area is 143 Å². The van der Waals surface area contributed by atoms with Gasteiger partial charge in [0.25, 0.3) is 0 Å². The van der Waals surface area contributed by atoms with Gasteiger partial charge in [0.05, 0.1) is 19.8 Å². The van der Waals surface area contributed by atoms with E-state index in [1.54, 1.807) is 4.90 Å². The summed E-state index contributed by atoms with van der Waals surface area (Å²) in [7, 11) is 0. The molecule has 1 aromatic carbocycles. The average Bonchev–Trinajstić information content (AvgIpc) is 3.12. The second-order valence-electron chi connectivity index (χ2n) is 5.88. The van der Waals surface area contributed by atoms with E-state index in [-0.39, 0.29) is 25.0 Å². The summed E-state index contributed by atoms with van der Waals surface area (Å²) in [5, 5.41) is 0. The molecule has 0 radical (unpaired) electrons. The molecule has 2 aromatic rings. The van der Waals surface area contributed by atoms with Gasteiger partial charge in [-0.2, -0.15) is 9.67 Å². The summed E-state index contributed by atoms with van der Waals surface area (Å²) in [6.45, 7) is 1.92. The smallest absolute Gasteiger partial charge is 0.365 e. The third kappa shape index (κ3) is 2.72. The number of hydrogen-bond donors (Lipinski definition) is 0. The van der Waals surface area contributed by atoms with Crippen molar-refractivity contribution in [3.8, 4) is 0 Å². The monoisotopic (exact) mass is 343 g/mol. The normalized spacial score (nSPS) is 17.0. The minimum atomic E-state index is -0.585. The summed E-state index contributed by atoms with van der Waals surface area (Å²) >= 11 is 0. The molecular formula is C16H17N5O4. The maximum absolute atomic E-state index is 12.7. The molecule has 9 heteroatoms. The Morgan fingerprint density at radius 1 is 1.12 bits per heavy atom. The van der Waals surface area contributed by atoms with Gasteiger partial charge in [-0.15, -0.1) is 0 Å². The van der Waals surface area contributed by atoms with E-state index in [2.05, 4.69) is 4.98 Å². The quantitative estimate of drug-likeness (QED) is 0.776. The molecule has 0 unspecified atom stereocenters. The van der Waals surface area contributed by atoms with Crippen LogP contribution >= 0.6 is 0 Å². The zero-order valence-electron chi connectivity index (χ0n) is 13.5. The van der Waals surface area contributed by atoms with Crippen LogP contribution in [-0.4, -0.2) is 57.5 Å². The SMILES string of the molecule is O=C(Cn1c(=O)nc2n1C(=O)N(c1ccccc1)C2)N1CCOCC1. The highest BCUT2D eigenvalue weighted by Crippen LogP contribution is 2.22. The van der Waals surface area contributed by atoms with Crippen LogP contribution < -0.4 is 10.6 Å². The highest BCUT2D eigenvalue weighted by atomic mass is 16.5. The highest BCUT2D eigenvalue weighted by Gasteiger charge is 2.34. The van der Waals surface area contributed by atoms with Gasteiger partial charge in [-0.3, -0.25) is 9.69 Å². The van der Waals surface area contributed by atoms with Crippen molar-refractivity contribution in [1.82, 2.24) is 19.2 Å². The Kier molecular flexibility index (Phi) is 3.85. The molecule has 2 amide bonds. The van der Waals surface area contributed by atoms with Crippen LogP contribution in [0.2, 0.25) is 0 Å². The molecule has 130 valence electrons. The molecule has 1 saturated heterocycles. The van der Waals surface area contributed by atoms with Crippen LogP contribution in [0.25, 0.3) is 0 Å². The molecule has 2 aliphatic heterocycles. The van der Waals surface area contributed by atoms with Crippen LogP contribution in [0.3, 0.4) is 0 Å². The molecule has 0 saturated carbocycles. The number of morpholine rings is 1. The van der Waals surface area contributed by atoms with Crippen molar-refractivity contribution in [3.05, 3.63) is 46.6 Å². The summed E-state index contributed by atoms with van der Waals surface area (Å²) in [5.41, 5.74) is 0.133. The number of anilines is 1. The van der Waals surface area contributed by atoms with Gasteiger partial charge in [-0.25, -0.2) is 14.3 Å². The van der Waals surface area contributed by atoms with Crippen molar-refractivity contribution < 1.29 is 14.3 Å². The fourth-order valence-electron chi connectivity index (χ4n) is 3.07. The largest absolute Gasteiger partial charge is 0.378 e. The minimum absolute atomic E-state index is 0.205. The lowest BCUT2D eigenvalue weighted by molar-refractivity contribution is -0.136. The lowest BCUT2D eigenvalue weighted by Crippen LogP contribution is -2.44. The molecule has 9 nitrogen and oxygen atoms in total. The average molecular weight is 343 g/mol. The van der Waals surface area contributed by atoms with Crippen LogP contribution in [0, 0.1) is 0 Å². The first-order chi connectivity index (χ1) is 12.1. The molecule has 3 heterocycles. The number of carbonyl (C=O) groups excluding carboxylic acids is 2. The Hall–Kier alpha value is -2.94. The van der Waals surface area contributed by atoms with Gasteiger partial charge in [0, 0.05) is 18.8 Å². The van der Waals surface area contributed by atoms with Crippen LogP contribution in [0.1, 0.15) is 5.82 Å². The van der Waals surface area contributed by atoms with E-state index < -0.39 is 5.69 Å². The first kappa shape index (κ1) is 15.6. The second-order valence-corrected chi connectivity index (χ2v) is 5.88. The van der Waals surface area contributed by atoms with Crippen LogP contribution in [0.4, 0.5) is 10.5 Å². The third-order valence-electron chi connectivity index (χ3n) is 4.36. The fourth-order valence-corrected chi connectivity index (χ4v) is 3.07. The summed E-state index contributed by atoms with van der Waals surface area (Å²) in [4.78, 5) is 44.4. The number of benzene rings is 1. The topological polar surface area (TPSA) is 89.7 Å². The van der Waals surface area contributed by atoms with Crippen LogP contribution in [0.15, 0.2) is 35.1 Å². The van der Waals surface area contributed by atoms with Gasteiger partial charge in [0.15, 0.2) is 5.82 Å². The van der Waals surface area contributed by atoms with Gasteiger partial charge in [-0.05, 0) is 12.1 Å².